The molecule has 3 rings (SSSR count). The van der Waals surface area contributed by atoms with Crippen LogP contribution < -0.4 is 4.90 Å². The lowest BCUT2D eigenvalue weighted by atomic mass is 10.1. The van der Waals surface area contributed by atoms with Gasteiger partial charge >= 0.3 is 0 Å². The molecule has 1 aromatic carbocycles. The Kier molecular flexibility index (Phi) is 3.95. The van der Waals surface area contributed by atoms with Gasteiger partial charge in [-0.15, -0.1) is 0 Å². The molecule has 1 fully saturated rings. The van der Waals surface area contributed by atoms with Crippen LogP contribution in [-0.2, 0) is 4.74 Å². The molecule has 0 aliphatic carbocycles. The summed E-state index contributed by atoms with van der Waals surface area (Å²) in [6.07, 6.45) is 0. The van der Waals surface area contributed by atoms with Crippen LogP contribution in [0.1, 0.15) is 5.56 Å². The predicted molar refractivity (Wildman–Crippen MR) is 78.0 cm³/mol. The Labute approximate surface area is 127 Å². The normalized spacial score (nSPS) is 14.8. The van der Waals surface area contributed by atoms with Gasteiger partial charge in [0.1, 0.15) is 0 Å². The number of halogens is 1. The van der Waals surface area contributed by atoms with Crippen molar-refractivity contribution in [2.45, 2.75) is 0 Å². The van der Waals surface area contributed by atoms with Gasteiger partial charge < -0.3 is 9.64 Å². The molecular weight excluding hydrogens is 290 g/mol. The molecule has 0 radical (unpaired) electrons. The first-order valence-corrected chi connectivity index (χ1v) is 6.89. The molecule has 2 aromatic rings. The zero-order valence-corrected chi connectivity index (χ0v) is 11.9. The predicted octanol–water partition coefficient (Wildman–Crippen LogP) is 1.90. The average molecular weight is 302 g/mol. The maximum absolute atomic E-state index is 8.97. The van der Waals surface area contributed by atoms with Crippen LogP contribution in [-0.4, -0.2) is 41.3 Å². The molecule has 0 spiro atoms. The summed E-state index contributed by atoms with van der Waals surface area (Å²) in [7, 11) is 0. The van der Waals surface area contributed by atoms with Gasteiger partial charge in [0.2, 0.25) is 11.2 Å². The SMILES string of the molecule is N#Cc1cccc(-c2nc(Cl)nc(N3CCOCC3)n2)c1. The fraction of sp³-hybridized carbons (Fsp3) is 0.286. The third kappa shape index (κ3) is 3.10. The second-order valence-electron chi connectivity index (χ2n) is 4.52. The first-order valence-electron chi connectivity index (χ1n) is 6.51. The van der Waals surface area contributed by atoms with Crippen LogP contribution in [0.2, 0.25) is 5.28 Å². The Morgan fingerprint density at radius 3 is 2.76 bits per heavy atom. The Hall–Kier alpha value is -2.23. The van der Waals surface area contributed by atoms with Crippen LogP contribution in [0.3, 0.4) is 0 Å². The highest BCUT2D eigenvalue weighted by molar-refractivity contribution is 6.28. The van der Waals surface area contributed by atoms with Crippen LogP contribution >= 0.6 is 11.6 Å². The van der Waals surface area contributed by atoms with Crippen LogP contribution in [0.5, 0.6) is 0 Å². The fourth-order valence-electron chi connectivity index (χ4n) is 2.10. The van der Waals surface area contributed by atoms with Crippen molar-refractivity contribution in [3.63, 3.8) is 0 Å². The molecule has 1 aliphatic heterocycles. The molecule has 6 nitrogen and oxygen atoms in total. The molecule has 0 unspecified atom stereocenters. The summed E-state index contributed by atoms with van der Waals surface area (Å²) in [6, 6.07) is 9.20. The van der Waals surface area contributed by atoms with Gasteiger partial charge in [-0.2, -0.15) is 20.2 Å². The minimum atomic E-state index is 0.142. The van der Waals surface area contributed by atoms with Crippen molar-refractivity contribution in [3.8, 4) is 17.5 Å². The lowest BCUT2D eigenvalue weighted by molar-refractivity contribution is 0.122. The summed E-state index contributed by atoms with van der Waals surface area (Å²) < 4.78 is 5.31. The third-order valence-corrected chi connectivity index (χ3v) is 3.31. The number of aromatic nitrogens is 3. The molecule has 2 heterocycles. The summed E-state index contributed by atoms with van der Waals surface area (Å²) in [5, 5.41) is 9.11. The van der Waals surface area contributed by atoms with Gasteiger partial charge in [0, 0.05) is 18.7 Å². The fourth-order valence-corrected chi connectivity index (χ4v) is 2.26. The van der Waals surface area contributed by atoms with E-state index in [1.807, 2.05) is 11.0 Å². The minimum absolute atomic E-state index is 0.142. The molecule has 106 valence electrons. The number of ether oxygens (including phenoxy) is 1. The molecule has 1 aromatic heterocycles. The second kappa shape index (κ2) is 6.04. The van der Waals surface area contributed by atoms with E-state index >= 15 is 0 Å². The molecule has 0 saturated carbocycles. The highest BCUT2D eigenvalue weighted by Gasteiger charge is 2.16. The average Bonchev–Trinajstić information content (AvgIpc) is 2.55. The smallest absolute Gasteiger partial charge is 0.230 e. The maximum Gasteiger partial charge on any atom is 0.230 e. The molecule has 0 atom stereocenters. The van der Waals surface area contributed by atoms with Crippen molar-refractivity contribution in [2.75, 3.05) is 31.2 Å². The number of nitriles is 1. The van der Waals surface area contributed by atoms with Crippen LogP contribution in [0, 0.1) is 11.3 Å². The number of anilines is 1. The van der Waals surface area contributed by atoms with Gasteiger partial charge in [-0.05, 0) is 23.7 Å². The third-order valence-electron chi connectivity index (χ3n) is 3.14. The maximum atomic E-state index is 8.97. The molecule has 0 bridgehead atoms. The van der Waals surface area contributed by atoms with Gasteiger partial charge in [-0.1, -0.05) is 12.1 Å². The summed E-state index contributed by atoms with van der Waals surface area (Å²) in [4.78, 5) is 14.8. The van der Waals surface area contributed by atoms with E-state index in [1.165, 1.54) is 0 Å². The lowest BCUT2D eigenvalue weighted by Crippen LogP contribution is -2.37. The van der Waals surface area contributed by atoms with Gasteiger partial charge in [-0.25, -0.2) is 0 Å². The largest absolute Gasteiger partial charge is 0.378 e. The summed E-state index contributed by atoms with van der Waals surface area (Å²) in [5.41, 5.74) is 1.30. The topological polar surface area (TPSA) is 74.9 Å². The molecule has 7 heteroatoms. The van der Waals surface area contributed by atoms with Crippen molar-refractivity contribution in [1.82, 2.24) is 15.0 Å². The number of benzene rings is 1. The lowest BCUT2D eigenvalue weighted by Gasteiger charge is -2.26. The van der Waals surface area contributed by atoms with Gasteiger partial charge in [-0.3, -0.25) is 0 Å². The van der Waals surface area contributed by atoms with Gasteiger partial charge in [0.25, 0.3) is 0 Å². The minimum Gasteiger partial charge on any atom is -0.378 e. The van der Waals surface area contributed by atoms with E-state index < -0.39 is 0 Å². The number of hydrogen-bond donors (Lipinski definition) is 0. The van der Waals surface area contributed by atoms with E-state index in [9.17, 15) is 0 Å². The Morgan fingerprint density at radius 2 is 2.00 bits per heavy atom. The monoisotopic (exact) mass is 301 g/mol. The zero-order chi connectivity index (χ0) is 14.7. The Bertz CT molecular complexity index is 694. The van der Waals surface area contributed by atoms with Crippen molar-refractivity contribution in [2.24, 2.45) is 0 Å². The van der Waals surface area contributed by atoms with Crippen molar-refractivity contribution in [1.29, 1.82) is 5.26 Å². The van der Waals surface area contributed by atoms with Crippen molar-refractivity contribution in [3.05, 3.63) is 35.1 Å². The molecule has 1 aliphatic rings. The standard InChI is InChI=1S/C14H12ClN5O/c15-13-17-12(11-3-1-2-10(8-11)9-16)18-14(19-13)20-4-6-21-7-5-20/h1-3,8H,4-7H2. The van der Waals surface area contributed by atoms with Gasteiger partial charge in [0.05, 0.1) is 24.8 Å². The van der Waals surface area contributed by atoms with Crippen LogP contribution in [0.25, 0.3) is 11.4 Å². The number of nitrogens with zero attached hydrogens (tertiary/aromatic N) is 5. The first kappa shape index (κ1) is 13.7. The number of rotatable bonds is 2. The van der Waals surface area contributed by atoms with E-state index in [1.54, 1.807) is 18.2 Å². The number of hydrogen-bond acceptors (Lipinski definition) is 6. The highest BCUT2D eigenvalue weighted by Crippen LogP contribution is 2.21. The van der Waals surface area contributed by atoms with E-state index in [4.69, 9.17) is 21.6 Å². The first-order chi connectivity index (χ1) is 10.3. The summed E-state index contributed by atoms with van der Waals surface area (Å²) in [6.45, 7) is 2.72. The molecule has 21 heavy (non-hydrogen) atoms. The van der Waals surface area contributed by atoms with Gasteiger partial charge in [0.15, 0.2) is 5.82 Å². The van der Waals surface area contributed by atoms with E-state index in [2.05, 4.69) is 21.0 Å². The quantitative estimate of drug-likeness (QED) is 0.843. The van der Waals surface area contributed by atoms with Crippen molar-refractivity contribution >= 4 is 17.5 Å². The molecule has 0 N–H and O–H groups in total. The second-order valence-corrected chi connectivity index (χ2v) is 4.86. The van der Waals surface area contributed by atoms with E-state index in [-0.39, 0.29) is 5.28 Å². The van der Waals surface area contributed by atoms with E-state index in [0.29, 0.717) is 30.5 Å². The molecule has 0 amide bonds. The molecule has 1 saturated heterocycles. The summed E-state index contributed by atoms with van der Waals surface area (Å²) in [5.74, 6) is 1.00. The number of morpholine rings is 1. The highest BCUT2D eigenvalue weighted by atomic mass is 35.5. The van der Waals surface area contributed by atoms with Crippen LogP contribution in [0.4, 0.5) is 5.95 Å². The Balaban J connectivity index is 1.98. The molecular formula is C14H12ClN5O. The Morgan fingerprint density at radius 1 is 1.19 bits per heavy atom. The summed E-state index contributed by atoms with van der Waals surface area (Å²) >= 11 is 6.01. The zero-order valence-electron chi connectivity index (χ0n) is 11.2. The van der Waals surface area contributed by atoms with E-state index in [0.717, 1.165) is 18.7 Å². The van der Waals surface area contributed by atoms with Crippen molar-refractivity contribution < 1.29 is 4.74 Å². The van der Waals surface area contributed by atoms with Crippen LogP contribution in [0.15, 0.2) is 24.3 Å².